The van der Waals surface area contributed by atoms with E-state index >= 15 is 0 Å². The van der Waals surface area contributed by atoms with Crippen molar-refractivity contribution in [1.29, 1.82) is 0 Å². The van der Waals surface area contributed by atoms with Gasteiger partial charge in [0.05, 0.1) is 6.04 Å². The molecule has 1 aliphatic heterocycles. The molecule has 118 valence electrons. The molecule has 1 heterocycles. The minimum atomic E-state index is -1.44. The summed E-state index contributed by atoms with van der Waals surface area (Å²) in [6.45, 7) is 5.86. The molecule has 1 aromatic rings. The van der Waals surface area contributed by atoms with Gasteiger partial charge in [-0.05, 0) is 44.8 Å². The molecule has 0 aromatic heterocycles. The zero-order chi connectivity index (χ0) is 15.6. The first kappa shape index (κ1) is 16.3. The maximum Gasteiger partial charge on any atom is 0.194 e. The van der Waals surface area contributed by atoms with E-state index in [1.54, 1.807) is 0 Å². The largest absolute Gasteiger partial charge is 0.322 e. The molecule has 5 heteroatoms. The first-order chi connectivity index (χ1) is 9.97. The van der Waals surface area contributed by atoms with E-state index in [0.717, 1.165) is 44.8 Å². The number of halogens is 3. The Morgan fingerprint density at radius 3 is 2.19 bits per heavy atom. The first-order valence-corrected chi connectivity index (χ1v) is 7.62. The summed E-state index contributed by atoms with van der Waals surface area (Å²) in [6, 6.07) is 1.54. The van der Waals surface area contributed by atoms with Crippen molar-refractivity contribution < 1.29 is 13.2 Å². The van der Waals surface area contributed by atoms with Gasteiger partial charge in [-0.2, -0.15) is 0 Å². The van der Waals surface area contributed by atoms with Crippen LogP contribution in [0.4, 0.5) is 13.2 Å². The number of nitrogens with two attached hydrogens (primary N) is 1. The molecular formula is C16H23F3N2. The Balaban J connectivity index is 2.43. The lowest BCUT2D eigenvalue weighted by Gasteiger charge is -2.45. The summed E-state index contributed by atoms with van der Waals surface area (Å²) < 4.78 is 40.7. The Labute approximate surface area is 124 Å². The van der Waals surface area contributed by atoms with Crippen LogP contribution in [0.5, 0.6) is 0 Å². The minimum absolute atomic E-state index is 0.0597. The van der Waals surface area contributed by atoms with Gasteiger partial charge in [0.2, 0.25) is 0 Å². The third-order valence-corrected chi connectivity index (χ3v) is 4.94. The number of benzene rings is 1. The molecule has 2 N–H and O–H groups in total. The van der Waals surface area contributed by atoms with Gasteiger partial charge in [-0.25, -0.2) is 13.2 Å². The van der Waals surface area contributed by atoms with E-state index in [4.69, 9.17) is 5.73 Å². The fourth-order valence-corrected chi connectivity index (χ4v) is 3.57. The molecule has 1 fully saturated rings. The standard InChI is InChI=1S/C16H23F3N2/c1-3-16(4-2,21-9-5-6-10-21)15(20)11-7-8-12(17)14(19)13(11)18/h7-8,15H,3-6,9-10,20H2,1-2H3. The van der Waals surface area contributed by atoms with E-state index in [0.29, 0.717) is 0 Å². The highest BCUT2D eigenvalue weighted by Crippen LogP contribution is 2.39. The van der Waals surface area contributed by atoms with Gasteiger partial charge in [0.25, 0.3) is 0 Å². The molecule has 2 rings (SSSR count). The fourth-order valence-electron chi connectivity index (χ4n) is 3.57. The summed E-state index contributed by atoms with van der Waals surface area (Å²) in [5, 5.41) is 0. The van der Waals surface area contributed by atoms with Gasteiger partial charge < -0.3 is 5.73 Å². The van der Waals surface area contributed by atoms with Crippen molar-refractivity contribution in [2.75, 3.05) is 13.1 Å². The van der Waals surface area contributed by atoms with E-state index in [1.165, 1.54) is 6.07 Å². The first-order valence-electron chi connectivity index (χ1n) is 7.62. The second-order valence-electron chi connectivity index (χ2n) is 5.75. The molecule has 0 radical (unpaired) electrons. The van der Waals surface area contributed by atoms with Crippen LogP contribution in [0.15, 0.2) is 12.1 Å². The van der Waals surface area contributed by atoms with Gasteiger partial charge in [0, 0.05) is 11.1 Å². The monoisotopic (exact) mass is 300 g/mol. The lowest BCUT2D eigenvalue weighted by atomic mass is 9.79. The van der Waals surface area contributed by atoms with Crippen molar-refractivity contribution in [3.05, 3.63) is 35.1 Å². The summed E-state index contributed by atoms with van der Waals surface area (Å²) >= 11 is 0. The van der Waals surface area contributed by atoms with E-state index in [-0.39, 0.29) is 5.56 Å². The van der Waals surface area contributed by atoms with Crippen molar-refractivity contribution in [2.45, 2.75) is 51.1 Å². The van der Waals surface area contributed by atoms with Crippen molar-refractivity contribution in [3.8, 4) is 0 Å². The summed E-state index contributed by atoms with van der Waals surface area (Å²) in [5.74, 6) is -3.78. The van der Waals surface area contributed by atoms with Gasteiger partial charge in [0.1, 0.15) is 0 Å². The lowest BCUT2D eigenvalue weighted by Crippen LogP contribution is -2.54. The van der Waals surface area contributed by atoms with Crippen molar-refractivity contribution in [1.82, 2.24) is 4.90 Å². The molecule has 1 aliphatic rings. The molecule has 1 saturated heterocycles. The molecule has 2 nitrogen and oxygen atoms in total. The van der Waals surface area contributed by atoms with E-state index in [2.05, 4.69) is 4.90 Å². The zero-order valence-corrected chi connectivity index (χ0v) is 12.6. The molecule has 21 heavy (non-hydrogen) atoms. The van der Waals surface area contributed by atoms with Crippen LogP contribution < -0.4 is 5.73 Å². The Morgan fingerprint density at radius 2 is 1.67 bits per heavy atom. The average molecular weight is 300 g/mol. The summed E-state index contributed by atoms with van der Waals surface area (Å²) in [7, 11) is 0. The van der Waals surface area contributed by atoms with Crippen LogP contribution in [0.25, 0.3) is 0 Å². The third kappa shape index (κ3) is 2.69. The topological polar surface area (TPSA) is 29.3 Å². The maximum atomic E-state index is 14.1. The van der Waals surface area contributed by atoms with Crippen molar-refractivity contribution in [3.63, 3.8) is 0 Å². The molecule has 0 spiro atoms. The molecular weight excluding hydrogens is 277 g/mol. The van der Waals surface area contributed by atoms with Gasteiger partial charge >= 0.3 is 0 Å². The summed E-state index contributed by atoms with van der Waals surface area (Å²) in [5.41, 5.74) is 5.97. The maximum absolute atomic E-state index is 14.1. The van der Waals surface area contributed by atoms with Crippen LogP contribution >= 0.6 is 0 Å². The fraction of sp³-hybridized carbons (Fsp3) is 0.625. The Morgan fingerprint density at radius 1 is 1.10 bits per heavy atom. The quantitative estimate of drug-likeness (QED) is 0.839. The molecule has 0 saturated carbocycles. The number of hydrogen-bond acceptors (Lipinski definition) is 2. The van der Waals surface area contributed by atoms with E-state index in [1.807, 2.05) is 13.8 Å². The van der Waals surface area contributed by atoms with Gasteiger partial charge in [0.15, 0.2) is 17.5 Å². The smallest absolute Gasteiger partial charge is 0.194 e. The predicted molar refractivity (Wildman–Crippen MR) is 77.4 cm³/mol. The van der Waals surface area contributed by atoms with E-state index < -0.39 is 29.0 Å². The zero-order valence-electron chi connectivity index (χ0n) is 12.6. The second kappa shape index (κ2) is 6.36. The summed E-state index contributed by atoms with van der Waals surface area (Å²) in [6.07, 6.45) is 3.66. The van der Waals surface area contributed by atoms with E-state index in [9.17, 15) is 13.2 Å². The minimum Gasteiger partial charge on any atom is -0.322 e. The molecule has 0 amide bonds. The highest BCUT2D eigenvalue weighted by Gasteiger charge is 2.42. The SMILES string of the molecule is CCC(CC)(C(N)c1ccc(F)c(F)c1F)N1CCCC1. The van der Waals surface area contributed by atoms with Crippen molar-refractivity contribution in [2.24, 2.45) is 5.73 Å². The number of nitrogens with zero attached hydrogens (tertiary/aromatic N) is 1. The highest BCUT2D eigenvalue weighted by atomic mass is 19.2. The molecule has 0 bridgehead atoms. The Bertz CT molecular complexity index is 495. The average Bonchev–Trinajstić information content (AvgIpc) is 3.01. The normalized spacial score (nSPS) is 18.2. The van der Waals surface area contributed by atoms with Crippen LogP contribution in [0.1, 0.15) is 51.1 Å². The molecule has 1 atom stereocenters. The van der Waals surface area contributed by atoms with Gasteiger partial charge in [-0.15, -0.1) is 0 Å². The van der Waals surface area contributed by atoms with Gasteiger partial charge in [-0.1, -0.05) is 19.9 Å². The summed E-state index contributed by atoms with van der Waals surface area (Å²) in [4.78, 5) is 2.28. The third-order valence-electron chi connectivity index (χ3n) is 4.94. The van der Waals surface area contributed by atoms with Crippen LogP contribution in [-0.2, 0) is 0 Å². The molecule has 1 unspecified atom stereocenters. The Hall–Kier alpha value is -1.07. The number of hydrogen-bond donors (Lipinski definition) is 1. The molecule has 0 aliphatic carbocycles. The Kier molecular flexibility index (Phi) is 4.94. The second-order valence-corrected chi connectivity index (χ2v) is 5.75. The van der Waals surface area contributed by atoms with Crippen molar-refractivity contribution >= 4 is 0 Å². The predicted octanol–water partition coefficient (Wildman–Crippen LogP) is 3.76. The number of likely N-dealkylation sites (tertiary alicyclic amines) is 1. The molecule has 1 aromatic carbocycles. The lowest BCUT2D eigenvalue weighted by molar-refractivity contribution is 0.0750. The number of rotatable bonds is 5. The van der Waals surface area contributed by atoms with Gasteiger partial charge in [-0.3, -0.25) is 4.90 Å². The highest BCUT2D eigenvalue weighted by molar-refractivity contribution is 5.27. The van der Waals surface area contributed by atoms with Crippen LogP contribution in [0, 0.1) is 17.5 Å². The van der Waals surface area contributed by atoms with Crippen LogP contribution in [-0.4, -0.2) is 23.5 Å². The van der Waals surface area contributed by atoms with Crippen LogP contribution in [0.2, 0.25) is 0 Å². The van der Waals surface area contributed by atoms with Crippen LogP contribution in [0.3, 0.4) is 0 Å².